The van der Waals surface area contributed by atoms with Gasteiger partial charge in [0.15, 0.2) is 11.2 Å². The van der Waals surface area contributed by atoms with Gasteiger partial charge in [0.2, 0.25) is 0 Å². The van der Waals surface area contributed by atoms with Gasteiger partial charge in [-0.2, -0.15) is 13.2 Å². The third-order valence-electron chi connectivity index (χ3n) is 3.10. The first kappa shape index (κ1) is 15.5. The average Bonchev–Trinajstić information content (AvgIpc) is 2.40. The Balaban J connectivity index is 3.06. The molecule has 8 heteroatoms. The van der Waals surface area contributed by atoms with Gasteiger partial charge in [0.1, 0.15) is 11.4 Å². The van der Waals surface area contributed by atoms with Crippen LogP contribution in [-0.2, 0) is 6.18 Å². The molecule has 0 saturated carbocycles. The van der Waals surface area contributed by atoms with Crippen molar-refractivity contribution in [3.05, 3.63) is 32.6 Å². The second-order valence-electron chi connectivity index (χ2n) is 4.30. The van der Waals surface area contributed by atoms with E-state index in [1.165, 1.54) is 20.3 Å². The zero-order valence-corrected chi connectivity index (χ0v) is 12.1. The molecule has 0 fully saturated rings. The van der Waals surface area contributed by atoms with E-state index in [1.807, 2.05) is 0 Å². The van der Waals surface area contributed by atoms with Crippen LogP contribution < -0.4 is 14.9 Å². The van der Waals surface area contributed by atoms with Crippen LogP contribution in [0.5, 0.6) is 11.5 Å². The number of pyridine rings is 1. The van der Waals surface area contributed by atoms with E-state index >= 15 is 0 Å². The average molecular weight is 322 g/mol. The standard InChI is InChI=1S/C13H11ClF3NO3/c1-5-10(19)8-9(18-12(5)13(15,16)17)7(20-2)4-6(14)11(8)21-3/h4H,1-3H3,(H,18,19). The van der Waals surface area contributed by atoms with E-state index in [4.69, 9.17) is 21.1 Å². The largest absolute Gasteiger partial charge is 0.494 e. The number of aromatic nitrogens is 1. The second-order valence-corrected chi connectivity index (χ2v) is 4.70. The molecule has 0 aliphatic heterocycles. The third-order valence-corrected chi connectivity index (χ3v) is 3.38. The topological polar surface area (TPSA) is 51.3 Å². The summed E-state index contributed by atoms with van der Waals surface area (Å²) >= 11 is 5.96. The fourth-order valence-corrected chi connectivity index (χ4v) is 2.38. The first-order valence-electron chi connectivity index (χ1n) is 5.76. The van der Waals surface area contributed by atoms with E-state index < -0.39 is 22.9 Å². The first-order valence-corrected chi connectivity index (χ1v) is 6.14. The number of hydrogen-bond donors (Lipinski definition) is 1. The molecule has 0 atom stereocenters. The van der Waals surface area contributed by atoms with E-state index in [2.05, 4.69) is 4.98 Å². The van der Waals surface area contributed by atoms with Crippen molar-refractivity contribution in [3.63, 3.8) is 0 Å². The number of benzene rings is 1. The van der Waals surface area contributed by atoms with Crippen molar-refractivity contribution in [1.29, 1.82) is 0 Å². The van der Waals surface area contributed by atoms with Crippen molar-refractivity contribution < 1.29 is 22.6 Å². The Bertz CT molecular complexity index is 768. The maximum absolute atomic E-state index is 13.0. The van der Waals surface area contributed by atoms with Gasteiger partial charge in [0.05, 0.1) is 30.1 Å². The summed E-state index contributed by atoms with van der Waals surface area (Å²) in [5.41, 5.74) is -2.50. The Labute approximate surface area is 122 Å². The third kappa shape index (κ3) is 2.42. The molecule has 0 bridgehead atoms. The maximum Gasteiger partial charge on any atom is 0.431 e. The summed E-state index contributed by atoms with van der Waals surface area (Å²) in [6.45, 7) is 1.09. The summed E-state index contributed by atoms with van der Waals surface area (Å²) < 4.78 is 49.0. The Kier molecular flexibility index (Phi) is 3.79. The molecule has 0 aliphatic carbocycles. The van der Waals surface area contributed by atoms with Crippen molar-refractivity contribution in [3.8, 4) is 11.5 Å². The van der Waals surface area contributed by atoms with Crippen LogP contribution in [0.15, 0.2) is 10.9 Å². The molecule has 1 aromatic carbocycles. The summed E-state index contributed by atoms with van der Waals surface area (Å²) in [5, 5.41) is -0.00106. The van der Waals surface area contributed by atoms with Gasteiger partial charge >= 0.3 is 6.18 Å². The molecule has 2 rings (SSSR count). The van der Waals surface area contributed by atoms with Gasteiger partial charge in [-0.1, -0.05) is 11.6 Å². The quantitative estimate of drug-likeness (QED) is 0.920. The van der Waals surface area contributed by atoms with Crippen LogP contribution in [0.4, 0.5) is 13.2 Å². The molecule has 4 nitrogen and oxygen atoms in total. The van der Waals surface area contributed by atoms with Crippen molar-refractivity contribution in [2.75, 3.05) is 14.2 Å². The summed E-state index contributed by atoms with van der Waals surface area (Å²) in [7, 11) is 2.54. The van der Waals surface area contributed by atoms with Gasteiger partial charge in [0, 0.05) is 11.6 Å². The predicted octanol–water partition coefficient (Wildman–Crippen LogP) is 3.53. The second kappa shape index (κ2) is 5.14. The van der Waals surface area contributed by atoms with Crippen LogP contribution >= 0.6 is 11.6 Å². The SMILES string of the molecule is COc1cc(Cl)c(OC)c2c(=O)c(C)c(C(F)(F)F)[nH]c12. The van der Waals surface area contributed by atoms with Crippen LogP contribution in [0, 0.1) is 6.92 Å². The monoisotopic (exact) mass is 321 g/mol. The highest BCUT2D eigenvalue weighted by Gasteiger charge is 2.36. The number of H-pyrrole nitrogens is 1. The minimum absolute atomic E-state index is 0.00513. The summed E-state index contributed by atoms with van der Waals surface area (Å²) in [6.07, 6.45) is -4.69. The molecule has 2 aromatic rings. The minimum Gasteiger partial charge on any atom is -0.494 e. The first-order chi connectivity index (χ1) is 9.72. The highest BCUT2D eigenvalue weighted by molar-refractivity contribution is 6.33. The van der Waals surface area contributed by atoms with Crippen LogP contribution in [0.25, 0.3) is 10.9 Å². The fourth-order valence-electron chi connectivity index (χ4n) is 2.11. The van der Waals surface area contributed by atoms with Gasteiger partial charge in [-0.3, -0.25) is 4.79 Å². The number of hydrogen-bond acceptors (Lipinski definition) is 3. The summed E-state index contributed by atoms with van der Waals surface area (Å²) in [4.78, 5) is 14.5. The van der Waals surface area contributed by atoms with E-state index in [0.717, 1.165) is 6.92 Å². The lowest BCUT2D eigenvalue weighted by atomic mass is 10.1. The molecule has 1 heterocycles. The molecule has 0 spiro atoms. The van der Waals surface area contributed by atoms with Crippen molar-refractivity contribution >= 4 is 22.5 Å². The number of methoxy groups -OCH3 is 2. The smallest absolute Gasteiger partial charge is 0.431 e. The molecule has 1 N–H and O–H groups in total. The van der Waals surface area contributed by atoms with E-state index in [-0.39, 0.29) is 27.4 Å². The van der Waals surface area contributed by atoms with Crippen LogP contribution in [-0.4, -0.2) is 19.2 Å². The molecule has 114 valence electrons. The maximum atomic E-state index is 13.0. The van der Waals surface area contributed by atoms with Crippen molar-refractivity contribution in [2.45, 2.75) is 13.1 Å². The van der Waals surface area contributed by atoms with E-state index in [9.17, 15) is 18.0 Å². The van der Waals surface area contributed by atoms with Gasteiger partial charge in [-0.05, 0) is 6.92 Å². The van der Waals surface area contributed by atoms with Gasteiger partial charge in [0.25, 0.3) is 0 Å². The Morgan fingerprint density at radius 3 is 2.33 bits per heavy atom. The summed E-state index contributed by atoms with van der Waals surface area (Å²) in [6, 6.07) is 1.29. The van der Waals surface area contributed by atoms with Gasteiger partial charge < -0.3 is 14.5 Å². The number of halogens is 4. The highest BCUT2D eigenvalue weighted by Crippen LogP contribution is 2.39. The van der Waals surface area contributed by atoms with E-state index in [0.29, 0.717) is 0 Å². The zero-order valence-electron chi connectivity index (χ0n) is 11.3. The molecular formula is C13H11ClF3NO3. The van der Waals surface area contributed by atoms with Crippen molar-refractivity contribution in [1.82, 2.24) is 4.98 Å². The lowest BCUT2D eigenvalue weighted by Gasteiger charge is -2.15. The predicted molar refractivity (Wildman–Crippen MR) is 72.4 cm³/mol. The lowest BCUT2D eigenvalue weighted by Crippen LogP contribution is -2.19. The van der Waals surface area contributed by atoms with Crippen molar-refractivity contribution in [2.24, 2.45) is 0 Å². The Hall–Kier alpha value is -1.89. The molecular weight excluding hydrogens is 311 g/mol. The van der Waals surface area contributed by atoms with Crippen LogP contribution in [0.1, 0.15) is 11.3 Å². The van der Waals surface area contributed by atoms with Gasteiger partial charge in [-0.15, -0.1) is 0 Å². The van der Waals surface area contributed by atoms with Crippen LogP contribution in [0.2, 0.25) is 5.02 Å². The number of alkyl halides is 3. The molecule has 0 saturated heterocycles. The Morgan fingerprint density at radius 2 is 1.86 bits per heavy atom. The van der Waals surface area contributed by atoms with Crippen LogP contribution in [0.3, 0.4) is 0 Å². The Morgan fingerprint density at radius 1 is 1.24 bits per heavy atom. The normalized spacial score (nSPS) is 11.8. The molecule has 0 amide bonds. The van der Waals surface area contributed by atoms with E-state index in [1.54, 1.807) is 0 Å². The molecule has 0 aliphatic rings. The zero-order chi connectivity index (χ0) is 15.9. The minimum atomic E-state index is -4.69. The number of rotatable bonds is 2. The molecule has 1 aromatic heterocycles. The lowest BCUT2D eigenvalue weighted by molar-refractivity contribution is -0.141. The van der Waals surface area contributed by atoms with Gasteiger partial charge in [-0.25, -0.2) is 0 Å². The number of nitrogens with one attached hydrogen (secondary N) is 1. The number of fused-ring (bicyclic) bond motifs is 1. The highest BCUT2D eigenvalue weighted by atomic mass is 35.5. The number of ether oxygens (including phenoxy) is 2. The summed E-state index contributed by atoms with van der Waals surface area (Å²) in [5.74, 6) is 0.0314. The fraction of sp³-hybridized carbons (Fsp3) is 0.308. The molecule has 21 heavy (non-hydrogen) atoms. The molecule has 0 unspecified atom stereocenters. The molecule has 0 radical (unpaired) electrons. The number of aromatic amines is 1.